The van der Waals surface area contributed by atoms with Crippen molar-refractivity contribution in [1.82, 2.24) is 19.9 Å². The van der Waals surface area contributed by atoms with Crippen molar-refractivity contribution in [2.75, 3.05) is 11.1 Å². The fourth-order valence-electron chi connectivity index (χ4n) is 1.89. The van der Waals surface area contributed by atoms with Gasteiger partial charge in [-0.15, -0.1) is 0 Å². The molecular formula is C15H13FN6O2. The molecule has 0 fully saturated rings. The fourth-order valence-corrected chi connectivity index (χ4v) is 1.89. The van der Waals surface area contributed by atoms with E-state index in [0.717, 1.165) is 0 Å². The molecule has 0 amide bonds. The second-order valence-corrected chi connectivity index (χ2v) is 4.73. The summed E-state index contributed by atoms with van der Waals surface area (Å²) in [5.41, 5.74) is 6.53. The van der Waals surface area contributed by atoms with E-state index in [1.165, 1.54) is 24.3 Å². The van der Waals surface area contributed by atoms with E-state index in [9.17, 15) is 9.18 Å². The van der Waals surface area contributed by atoms with Crippen LogP contribution in [0.2, 0.25) is 0 Å². The van der Waals surface area contributed by atoms with Crippen molar-refractivity contribution in [3.63, 3.8) is 0 Å². The molecular weight excluding hydrogens is 315 g/mol. The first-order valence-electron chi connectivity index (χ1n) is 6.94. The molecule has 24 heavy (non-hydrogen) atoms. The van der Waals surface area contributed by atoms with Gasteiger partial charge in [-0.3, -0.25) is 0 Å². The topological polar surface area (TPSA) is 119 Å². The second-order valence-electron chi connectivity index (χ2n) is 4.73. The lowest BCUT2D eigenvalue weighted by atomic mass is 10.3. The number of halogens is 1. The van der Waals surface area contributed by atoms with E-state index in [1.807, 2.05) is 0 Å². The number of H-pyrrole nitrogens is 1. The quantitative estimate of drug-likeness (QED) is 0.613. The zero-order valence-electron chi connectivity index (χ0n) is 12.4. The lowest BCUT2D eigenvalue weighted by Gasteiger charge is -2.07. The summed E-state index contributed by atoms with van der Waals surface area (Å²) in [7, 11) is 0. The Balaban J connectivity index is 1.69. The summed E-state index contributed by atoms with van der Waals surface area (Å²) in [6, 6.07) is 8.92. The number of nitrogen functional groups attached to an aromatic ring is 1. The molecule has 0 aliphatic carbocycles. The standard InChI is InChI=1S/C15H13FN6O2/c16-9-3-5-10(6-4-9)19-15-21-12(20-14(17)22-15)8-24-13(23)11-2-1-7-18-11/h1-7,18H,8H2,(H3,17,19,20,21,22). The highest BCUT2D eigenvalue weighted by atomic mass is 19.1. The number of rotatable bonds is 5. The Hall–Kier alpha value is -3.49. The number of hydrogen-bond donors (Lipinski definition) is 3. The van der Waals surface area contributed by atoms with E-state index in [1.54, 1.807) is 18.3 Å². The molecule has 0 radical (unpaired) electrons. The Morgan fingerprint density at radius 1 is 1.21 bits per heavy atom. The van der Waals surface area contributed by atoms with Crippen LogP contribution in [-0.2, 0) is 11.3 Å². The van der Waals surface area contributed by atoms with E-state index in [4.69, 9.17) is 10.5 Å². The molecule has 3 aromatic rings. The van der Waals surface area contributed by atoms with Crippen molar-refractivity contribution in [3.8, 4) is 0 Å². The van der Waals surface area contributed by atoms with Crippen molar-refractivity contribution in [2.24, 2.45) is 0 Å². The Labute approximate surface area is 135 Å². The van der Waals surface area contributed by atoms with Crippen molar-refractivity contribution in [1.29, 1.82) is 0 Å². The third kappa shape index (κ3) is 3.83. The molecule has 0 aliphatic heterocycles. The van der Waals surface area contributed by atoms with Crippen LogP contribution in [0.5, 0.6) is 0 Å². The largest absolute Gasteiger partial charge is 0.453 e. The molecule has 2 heterocycles. The van der Waals surface area contributed by atoms with E-state index in [-0.39, 0.29) is 30.1 Å². The van der Waals surface area contributed by atoms with Crippen LogP contribution in [0, 0.1) is 5.82 Å². The third-order valence-electron chi connectivity index (χ3n) is 2.95. The number of nitrogens with two attached hydrogens (primary N) is 1. The summed E-state index contributed by atoms with van der Waals surface area (Å²) >= 11 is 0. The minimum atomic E-state index is -0.535. The third-order valence-corrected chi connectivity index (χ3v) is 2.95. The molecule has 4 N–H and O–H groups in total. The van der Waals surface area contributed by atoms with Gasteiger partial charge < -0.3 is 20.8 Å². The predicted octanol–water partition coefficient (Wildman–Crippen LogP) is 2.02. The molecule has 8 nitrogen and oxygen atoms in total. The Morgan fingerprint density at radius 3 is 2.71 bits per heavy atom. The number of aromatic amines is 1. The number of nitrogens with one attached hydrogen (secondary N) is 2. The van der Waals surface area contributed by atoms with Crippen LogP contribution in [0.15, 0.2) is 42.6 Å². The summed E-state index contributed by atoms with van der Waals surface area (Å²) in [6.07, 6.45) is 1.61. The minimum Gasteiger partial charge on any atom is -0.453 e. The number of nitrogens with zero attached hydrogens (tertiary/aromatic N) is 3. The maximum atomic E-state index is 12.9. The molecule has 0 spiro atoms. The number of benzene rings is 1. The maximum absolute atomic E-state index is 12.9. The van der Waals surface area contributed by atoms with Gasteiger partial charge in [-0.25, -0.2) is 9.18 Å². The molecule has 3 rings (SSSR count). The lowest BCUT2D eigenvalue weighted by molar-refractivity contribution is 0.0456. The molecule has 0 unspecified atom stereocenters. The number of ether oxygens (including phenoxy) is 1. The van der Waals surface area contributed by atoms with Crippen LogP contribution >= 0.6 is 0 Å². The summed E-state index contributed by atoms with van der Waals surface area (Å²) < 4.78 is 18.0. The van der Waals surface area contributed by atoms with Gasteiger partial charge in [0.1, 0.15) is 11.5 Å². The molecule has 2 aromatic heterocycles. The fraction of sp³-hybridized carbons (Fsp3) is 0.0667. The first kappa shape index (κ1) is 15.4. The summed E-state index contributed by atoms with van der Waals surface area (Å²) in [5, 5.41) is 2.87. The van der Waals surface area contributed by atoms with Crippen LogP contribution < -0.4 is 11.1 Å². The molecule has 1 aromatic carbocycles. The number of esters is 1. The summed E-state index contributed by atoms with van der Waals surface area (Å²) in [6.45, 7) is -0.164. The van der Waals surface area contributed by atoms with Gasteiger partial charge in [0.25, 0.3) is 0 Å². The molecule has 0 saturated carbocycles. The summed E-state index contributed by atoms with van der Waals surface area (Å²) in [4.78, 5) is 26.5. The van der Waals surface area contributed by atoms with Crippen LogP contribution in [0.25, 0.3) is 0 Å². The Kier molecular flexibility index (Phi) is 4.32. The van der Waals surface area contributed by atoms with Gasteiger partial charge in [0, 0.05) is 11.9 Å². The van der Waals surface area contributed by atoms with Gasteiger partial charge in [0.2, 0.25) is 11.9 Å². The highest BCUT2D eigenvalue weighted by molar-refractivity contribution is 5.87. The number of carbonyl (C=O) groups is 1. The molecule has 0 saturated heterocycles. The predicted molar refractivity (Wildman–Crippen MR) is 83.8 cm³/mol. The lowest BCUT2D eigenvalue weighted by Crippen LogP contribution is -2.11. The normalized spacial score (nSPS) is 10.4. The van der Waals surface area contributed by atoms with Gasteiger partial charge in [-0.2, -0.15) is 15.0 Å². The van der Waals surface area contributed by atoms with Gasteiger partial charge in [0.15, 0.2) is 12.4 Å². The zero-order valence-corrected chi connectivity index (χ0v) is 12.4. The monoisotopic (exact) mass is 328 g/mol. The first-order valence-corrected chi connectivity index (χ1v) is 6.94. The van der Waals surface area contributed by atoms with Gasteiger partial charge in [-0.1, -0.05) is 0 Å². The Bertz CT molecular complexity index is 836. The molecule has 9 heteroatoms. The van der Waals surface area contributed by atoms with Crippen molar-refractivity contribution in [3.05, 3.63) is 59.9 Å². The first-order chi connectivity index (χ1) is 11.6. The van der Waals surface area contributed by atoms with Crippen molar-refractivity contribution in [2.45, 2.75) is 6.61 Å². The number of hydrogen-bond acceptors (Lipinski definition) is 7. The van der Waals surface area contributed by atoms with Crippen molar-refractivity contribution < 1.29 is 13.9 Å². The van der Waals surface area contributed by atoms with E-state index < -0.39 is 5.97 Å². The van der Waals surface area contributed by atoms with Gasteiger partial charge >= 0.3 is 5.97 Å². The van der Waals surface area contributed by atoms with Gasteiger partial charge in [-0.05, 0) is 36.4 Å². The Morgan fingerprint density at radius 2 is 2.00 bits per heavy atom. The summed E-state index contributed by atoms with van der Waals surface area (Å²) in [5.74, 6) is -0.563. The minimum absolute atomic E-state index is 0.0273. The van der Waals surface area contributed by atoms with E-state index in [2.05, 4.69) is 25.3 Å². The number of carbonyl (C=O) groups excluding carboxylic acids is 1. The van der Waals surface area contributed by atoms with Crippen molar-refractivity contribution >= 4 is 23.6 Å². The number of aromatic nitrogens is 4. The SMILES string of the molecule is Nc1nc(COC(=O)c2ccc[nH]2)nc(Nc2ccc(F)cc2)n1. The van der Waals surface area contributed by atoms with Crippen LogP contribution in [0.4, 0.5) is 22.0 Å². The maximum Gasteiger partial charge on any atom is 0.355 e. The zero-order chi connectivity index (χ0) is 16.9. The smallest absolute Gasteiger partial charge is 0.355 e. The highest BCUT2D eigenvalue weighted by Crippen LogP contribution is 2.14. The highest BCUT2D eigenvalue weighted by Gasteiger charge is 2.11. The average Bonchev–Trinajstić information content (AvgIpc) is 3.09. The average molecular weight is 328 g/mol. The number of anilines is 3. The van der Waals surface area contributed by atoms with E-state index in [0.29, 0.717) is 11.4 Å². The molecule has 0 bridgehead atoms. The van der Waals surface area contributed by atoms with Gasteiger partial charge in [0.05, 0.1) is 0 Å². The van der Waals surface area contributed by atoms with Crippen LogP contribution in [0.1, 0.15) is 16.3 Å². The molecule has 0 aliphatic rings. The van der Waals surface area contributed by atoms with Crippen LogP contribution in [-0.4, -0.2) is 25.9 Å². The second kappa shape index (κ2) is 6.73. The van der Waals surface area contributed by atoms with E-state index >= 15 is 0 Å². The molecule has 122 valence electrons. The van der Waals surface area contributed by atoms with Crippen LogP contribution in [0.3, 0.4) is 0 Å². The molecule has 0 atom stereocenters.